The normalized spacial score (nSPS) is 11.2. The molecule has 2 aromatic rings. The number of halogens is 1. The molecule has 0 aliphatic rings. The SMILES string of the molecule is COC(=O)c1cc(Br)ccc1S(=O)(=O)c1ccc(C)cc1. The van der Waals surface area contributed by atoms with E-state index >= 15 is 0 Å². The first-order chi connectivity index (χ1) is 9.86. The van der Waals surface area contributed by atoms with Gasteiger partial charge in [0.05, 0.1) is 22.5 Å². The second-order valence-corrected chi connectivity index (χ2v) is 7.28. The van der Waals surface area contributed by atoms with Gasteiger partial charge in [-0.05, 0) is 37.3 Å². The van der Waals surface area contributed by atoms with Crippen LogP contribution in [-0.2, 0) is 14.6 Å². The fourth-order valence-corrected chi connectivity index (χ4v) is 3.64. The molecule has 0 radical (unpaired) electrons. The maximum absolute atomic E-state index is 12.7. The second-order valence-electron chi connectivity index (χ2n) is 4.45. The Bertz CT molecular complexity index is 780. The maximum Gasteiger partial charge on any atom is 0.339 e. The minimum absolute atomic E-state index is 0.00690. The van der Waals surface area contributed by atoms with Gasteiger partial charge in [0, 0.05) is 4.47 Å². The van der Waals surface area contributed by atoms with Crippen molar-refractivity contribution in [3.05, 3.63) is 58.1 Å². The number of sulfone groups is 1. The van der Waals surface area contributed by atoms with Gasteiger partial charge < -0.3 is 4.74 Å². The van der Waals surface area contributed by atoms with Crippen LogP contribution in [0.2, 0.25) is 0 Å². The number of carbonyl (C=O) groups excluding carboxylic acids is 1. The van der Waals surface area contributed by atoms with E-state index in [2.05, 4.69) is 20.7 Å². The van der Waals surface area contributed by atoms with Gasteiger partial charge in [0.25, 0.3) is 0 Å². The van der Waals surface area contributed by atoms with Crippen LogP contribution in [0.5, 0.6) is 0 Å². The number of carbonyl (C=O) groups is 1. The molecule has 21 heavy (non-hydrogen) atoms. The molecule has 0 N–H and O–H groups in total. The molecule has 0 saturated heterocycles. The molecule has 0 unspecified atom stereocenters. The van der Waals surface area contributed by atoms with Gasteiger partial charge in [0.1, 0.15) is 0 Å². The fraction of sp³-hybridized carbons (Fsp3) is 0.133. The third kappa shape index (κ3) is 3.16. The summed E-state index contributed by atoms with van der Waals surface area (Å²) in [6.45, 7) is 1.87. The van der Waals surface area contributed by atoms with Crippen molar-refractivity contribution in [1.82, 2.24) is 0 Å². The zero-order valence-corrected chi connectivity index (χ0v) is 13.9. The number of esters is 1. The van der Waals surface area contributed by atoms with E-state index < -0.39 is 15.8 Å². The molecule has 0 saturated carbocycles. The minimum atomic E-state index is -3.78. The number of hydrogen-bond acceptors (Lipinski definition) is 4. The highest BCUT2D eigenvalue weighted by Crippen LogP contribution is 2.27. The monoisotopic (exact) mass is 368 g/mol. The fourth-order valence-electron chi connectivity index (χ4n) is 1.85. The number of ether oxygens (including phenoxy) is 1. The smallest absolute Gasteiger partial charge is 0.339 e. The van der Waals surface area contributed by atoms with Crippen LogP contribution in [0.4, 0.5) is 0 Å². The van der Waals surface area contributed by atoms with Gasteiger partial charge >= 0.3 is 5.97 Å². The van der Waals surface area contributed by atoms with Gasteiger partial charge in [-0.15, -0.1) is 0 Å². The van der Waals surface area contributed by atoms with E-state index in [1.807, 2.05) is 6.92 Å². The second kappa shape index (κ2) is 5.99. The van der Waals surface area contributed by atoms with Crippen LogP contribution in [0, 0.1) is 6.92 Å². The number of hydrogen-bond donors (Lipinski definition) is 0. The molecule has 0 amide bonds. The number of rotatable bonds is 3. The van der Waals surface area contributed by atoms with Crippen molar-refractivity contribution in [2.75, 3.05) is 7.11 Å². The van der Waals surface area contributed by atoms with E-state index in [1.54, 1.807) is 18.2 Å². The Balaban J connectivity index is 2.65. The molecule has 0 aliphatic carbocycles. The molecule has 4 nitrogen and oxygen atoms in total. The van der Waals surface area contributed by atoms with Crippen molar-refractivity contribution in [3.8, 4) is 0 Å². The van der Waals surface area contributed by atoms with E-state index in [0.717, 1.165) is 5.56 Å². The summed E-state index contributed by atoms with van der Waals surface area (Å²) in [4.78, 5) is 11.9. The number of benzene rings is 2. The highest BCUT2D eigenvalue weighted by atomic mass is 79.9. The highest BCUT2D eigenvalue weighted by molar-refractivity contribution is 9.10. The van der Waals surface area contributed by atoms with Crippen molar-refractivity contribution in [1.29, 1.82) is 0 Å². The van der Waals surface area contributed by atoms with E-state index in [-0.39, 0.29) is 15.4 Å². The average molecular weight is 369 g/mol. The average Bonchev–Trinajstić information content (AvgIpc) is 2.46. The van der Waals surface area contributed by atoms with Gasteiger partial charge in [-0.2, -0.15) is 0 Å². The first kappa shape index (κ1) is 15.7. The molecule has 0 aliphatic heterocycles. The predicted octanol–water partition coefficient (Wildman–Crippen LogP) is 3.38. The zero-order chi connectivity index (χ0) is 15.6. The van der Waals surface area contributed by atoms with Gasteiger partial charge in [-0.1, -0.05) is 33.6 Å². The van der Waals surface area contributed by atoms with Crippen LogP contribution in [0.1, 0.15) is 15.9 Å². The third-order valence-electron chi connectivity index (χ3n) is 2.97. The van der Waals surface area contributed by atoms with Gasteiger partial charge in [0.15, 0.2) is 0 Å². The van der Waals surface area contributed by atoms with Crippen LogP contribution in [-0.4, -0.2) is 21.5 Å². The van der Waals surface area contributed by atoms with Crippen LogP contribution < -0.4 is 0 Å². The Morgan fingerprint density at radius 2 is 1.71 bits per heavy atom. The summed E-state index contributed by atoms with van der Waals surface area (Å²) in [6.07, 6.45) is 0. The van der Waals surface area contributed by atoms with Crippen molar-refractivity contribution < 1.29 is 17.9 Å². The summed E-state index contributed by atoms with van der Waals surface area (Å²) < 4.78 is 30.6. The summed E-state index contributed by atoms with van der Waals surface area (Å²) in [5.41, 5.74) is 0.963. The largest absolute Gasteiger partial charge is 0.465 e. The Morgan fingerprint density at radius 3 is 2.29 bits per heavy atom. The standard InChI is InChI=1S/C15H13BrO4S/c1-10-3-6-12(7-4-10)21(18,19)14-8-5-11(16)9-13(14)15(17)20-2/h3-9H,1-2H3. The van der Waals surface area contributed by atoms with Crippen LogP contribution in [0.3, 0.4) is 0 Å². The van der Waals surface area contributed by atoms with E-state index in [9.17, 15) is 13.2 Å². The number of methoxy groups -OCH3 is 1. The maximum atomic E-state index is 12.7. The van der Waals surface area contributed by atoms with Crippen molar-refractivity contribution in [2.24, 2.45) is 0 Å². The minimum Gasteiger partial charge on any atom is -0.465 e. The van der Waals surface area contributed by atoms with E-state index in [0.29, 0.717) is 4.47 Å². The van der Waals surface area contributed by atoms with Gasteiger partial charge in [-0.25, -0.2) is 13.2 Å². The van der Waals surface area contributed by atoms with E-state index in [1.165, 1.54) is 31.4 Å². The van der Waals surface area contributed by atoms with E-state index in [4.69, 9.17) is 0 Å². The Morgan fingerprint density at radius 1 is 1.10 bits per heavy atom. The topological polar surface area (TPSA) is 60.4 Å². The summed E-state index contributed by atoms with van der Waals surface area (Å²) in [5.74, 6) is -0.693. The molecule has 0 fully saturated rings. The first-order valence-corrected chi connectivity index (χ1v) is 8.33. The molecule has 0 spiro atoms. The highest BCUT2D eigenvalue weighted by Gasteiger charge is 2.25. The summed E-state index contributed by atoms with van der Waals surface area (Å²) >= 11 is 3.22. The summed E-state index contributed by atoms with van der Waals surface area (Å²) in [7, 11) is -2.57. The Kier molecular flexibility index (Phi) is 4.49. The molecular formula is C15H13BrO4S. The molecule has 2 rings (SSSR count). The van der Waals surface area contributed by atoms with Crippen LogP contribution >= 0.6 is 15.9 Å². The molecule has 0 aromatic heterocycles. The Labute approximate surface area is 131 Å². The van der Waals surface area contributed by atoms with Gasteiger partial charge in [0.2, 0.25) is 9.84 Å². The molecule has 110 valence electrons. The van der Waals surface area contributed by atoms with Crippen molar-refractivity contribution >= 4 is 31.7 Å². The lowest BCUT2D eigenvalue weighted by atomic mass is 10.2. The van der Waals surface area contributed by atoms with Crippen LogP contribution in [0.25, 0.3) is 0 Å². The summed E-state index contributed by atoms with van der Waals surface area (Å²) in [5, 5.41) is 0. The zero-order valence-electron chi connectivity index (χ0n) is 11.5. The third-order valence-corrected chi connectivity index (χ3v) is 5.29. The molecule has 6 heteroatoms. The molecule has 0 atom stereocenters. The van der Waals surface area contributed by atoms with Gasteiger partial charge in [-0.3, -0.25) is 0 Å². The molecular weight excluding hydrogens is 356 g/mol. The molecule has 0 bridgehead atoms. The number of aryl methyl sites for hydroxylation is 1. The first-order valence-electron chi connectivity index (χ1n) is 6.06. The Hall–Kier alpha value is -1.66. The lowest BCUT2D eigenvalue weighted by Crippen LogP contribution is -2.11. The van der Waals surface area contributed by atoms with Crippen molar-refractivity contribution in [2.45, 2.75) is 16.7 Å². The van der Waals surface area contributed by atoms with Crippen LogP contribution in [0.15, 0.2) is 56.7 Å². The quantitative estimate of drug-likeness (QED) is 0.779. The lowest BCUT2D eigenvalue weighted by Gasteiger charge is -2.10. The van der Waals surface area contributed by atoms with Crippen molar-refractivity contribution in [3.63, 3.8) is 0 Å². The molecule has 0 heterocycles. The summed E-state index contributed by atoms with van der Waals surface area (Å²) in [6, 6.07) is 10.9. The lowest BCUT2D eigenvalue weighted by molar-refractivity contribution is 0.0596. The molecule has 2 aromatic carbocycles. The predicted molar refractivity (Wildman–Crippen MR) is 82.1 cm³/mol.